The first kappa shape index (κ1) is 18.3. The molecule has 0 heterocycles. The largest absolute Gasteiger partial charge is 0.478 e. The summed E-state index contributed by atoms with van der Waals surface area (Å²) in [6.45, 7) is 14.3. The molecule has 14 heavy (non-hydrogen) atoms. The van der Waals surface area contributed by atoms with E-state index in [1.807, 2.05) is 0 Å². The second-order valence-electron chi connectivity index (χ2n) is 2.01. The number of esters is 1. The number of ether oxygens (including phenoxy) is 1. The summed E-state index contributed by atoms with van der Waals surface area (Å²) in [5.41, 5.74) is 0.176. The van der Waals surface area contributed by atoms with E-state index in [1.165, 1.54) is 13.8 Å². The third-order valence-electron chi connectivity index (χ3n) is 0.713. The second kappa shape index (κ2) is 14.0. The molecule has 0 unspecified atom stereocenters. The molecule has 0 saturated heterocycles. The number of aliphatic carboxylic acids is 1. The molecule has 1 N–H and O–H groups in total. The molecular weight excluding hydrogens is 184 g/mol. The van der Waals surface area contributed by atoms with Crippen molar-refractivity contribution in [3.05, 3.63) is 25.3 Å². The topological polar surface area (TPSA) is 63.6 Å². The Hall–Kier alpha value is -1.58. The fraction of sp³-hybridized carbons (Fsp3) is 0.400. The average molecular weight is 202 g/mol. The van der Waals surface area contributed by atoms with Crippen molar-refractivity contribution in [2.45, 2.75) is 20.8 Å². The highest BCUT2D eigenvalue weighted by Gasteiger charge is 1.90. The number of hydrogen-bond acceptors (Lipinski definition) is 3. The van der Waals surface area contributed by atoms with Gasteiger partial charge in [0, 0.05) is 12.5 Å². The first-order valence-electron chi connectivity index (χ1n) is 3.94. The summed E-state index contributed by atoms with van der Waals surface area (Å²) in [5.74, 6) is -1.15. The van der Waals surface area contributed by atoms with E-state index in [1.54, 1.807) is 6.92 Å². The number of carbonyl (C=O) groups excluding carboxylic acids is 1. The summed E-state index contributed by atoms with van der Waals surface area (Å²) in [6, 6.07) is 0. The van der Waals surface area contributed by atoms with Gasteiger partial charge in [-0.05, 0) is 13.8 Å². The normalized spacial score (nSPS) is 6.79. The summed E-state index contributed by atoms with van der Waals surface area (Å²) < 4.78 is 4.40. The second-order valence-corrected chi connectivity index (χ2v) is 2.01. The Bertz CT molecular complexity index is 173. The molecule has 0 rings (SSSR count). The van der Waals surface area contributed by atoms with E-state index in [0.29, 0.717) is 6.61 Å². The van der Waals surface area contributed by atoms with Crippen molar-refractivity contribution in [3.63, 3.8) is 0 Å². The van der Waals surface area contributed by atoms with E-state index >= 15 is 0 Å². The van der Waals surface area contributed by atoms with Crippen molar-refractivity contribution in [1.29, 1.82) is 0 Å². The maximum absolute atomic E-state index is 9.82. The Morgan fingerprint density at radius 1 is 1.29 bits per heavy atom. The van der Waals surface area contributed by atoms with E-state index < -0.39 is 5.97 Å². The predicted molar refractivity (Wildman–Crippen MR) is 56.0 cm³/mol. The number of rotatable bonds is 2. The zero-order chi connectivity index (χ0) is 12.1. The molecule has 0 aromatic rings. The SMILES string of the molecule is C=C.C=C(C)C(=O)O.CCOC(C)=O. The predicted octanol–water partition coefficient (Wildman–Crippen LogP) is 2.02. The van der Waals surface area contributed by atoms with Crippen LogP contribution in [-0.4, -0.2) is 23.7 Å². The third-order valence-corrected chi connectivity index (χ3v) is 0.713. The summed E-state index contributed by atoms with van der Waals surface area (Å²) in [7, 11) is 0. The van der Waals surface area contributed by atoms with Crippen molar-refractivity contribution in [3.8, 4) is 0 Å². The summed E-state index contributed by atoms with van der Waals surface area (Å²) in [6.07, 6.45) is 0. The van der Waals surface area contributed by atoms with Crippen LogP contribution < -0.4 is 0 Å². The van der Waals surface area contributed by atoms with E-state index in [0.717, 1.165) is 0 Å². The molecule has 0 spiro atoms. The summed E-state index contributed by atoms with van der Waals surface area (Å²) >= 11 is 0. The smallest absolute Gasteiger partial charge is 0.330 e. The Labute approximate surface area is 84.9 Å². The molecule has 0 aliphatic rings. The van der Waals surface area contributed by atoms with E-state index in [-0.39, 0.29) is 11.5 Å². The minimum atomic E-state index is -0.935. The van der Waals surface area contributed by atoms with Gasteiger partial charge < -0.3 is 9.84 Å². The van der Waals surface area contributed by atoms with E-state index in [9.17, 15) is 9.59 Å². The lowest BCUT2D eigenvalue weighted by atomic mass is 10.4. The van der Waals surface area contributed by atoms with Crippen molar-refractivity contribution >= 4 is 11.9 Å². The minimum Gasteiger partial charge on any atom is -0.478 e. The van der Waals surface area contributed by atoms with Crippen LogP contribution in [0.3, 0.4) is 0 Å². The van der Waals surface area contributed by atoms with Gasteiger partial charge in [0.05, 0.1) is 6.61 Å². The highest BCUT2D eigenvalue weighted by Crippen LogP contribution is 1.81. The van der Waals surface area contributed by atoms with Gasteiger partial charge in [-0.2, -0.15) is 0 Å². The van der Waals surface area contributed by atoms with Gasteiger partial charge in [-0.15, -0.1) is 13.2 Å². The van der Waals surface area contributed by atoms with Crippen molar-refractivity contribution < 1.29 is 19.4 Å². The van der Waals surface area contributed by atoms with E-state index in [2.05, 4.69) is 24.5 Å². The molecule has 0 aliphatic heterocycles. The zero-order valence-corrected chi connectivity index (χ0v) is 9.00. The van der Waals surface area contributed by atoms with Gasteiger partial charge in [0.2, 0.25) is 0 Å². The lowest BCUT2D eigenvalue weighted by Gasteiger charge is -1.89. The molecule has 0 aromatic carbocycles. The van der Waals surface area contributed by atoms with Gasteiger partial charge in [0.25, 0.3) is 0 Å². The van der Waals surface area contributed by atoms with Crippen LogP contribution in [0.25, 0.3) is 0 Å². The summed E-state index contributed by atoms with van der Waals surface area (Å²) in [4.78, 5) is 19.4. The van der Waals surface area contributed by atoms with Gasteiger partial charge in [0.15, 0.2) is 0 Å². The molecule has 82 valence electrons. The van der Waals surface area contributed by atoms with Gasteiger partial charge in [0.1, 0.15) is 0 Å². The molecule has 0 radical (unpaired) electrons. The molecule has 0 aliphatic carbocycles. The van der Waals surface area contributed by atoms with Crippen LogP contribution in [-0.2, 0) is 14.3 Å². The molecule has 0 saturated carbocycles. The molecule has 0 bridgehead atoms. The highest BCUT2D eigenvalue weighted by molar-refractivity contribution is 5.84. The zero-order valence-electron chi connectivity index (χ0n) is 9.00. The maximum atomic E-state index is 9.82. The van der Waals surface area contributed by atoms with Gasteiger partial charge in [-0.3, -0.25) is 4.79 Å². The van der Waals surface area contributed by atoms with E-state index in [4.69, 9.17) is 5.11 Å². The first-order valence-corrected chi connectivity index (χ1v) is 3.94. The molecule has 4 heteroatoms. The Morgan fingerprint density at radius 3 is 1.57 bits per heavy atom. The van der Waals surface area contributed by atoms with Crippen LogP contribution in [0.4, 0.5) is 0 Å². The van der Waals surface area contributed by atoms with Crippen LogP contribution in [0.5, 0.6) is 0 Å². The first-order chi connectivity index (χ1) is 6.41. The lowest BCUT2D eigenvalue weighted by molar-refractivity contribution is -0.140. The molecule has 0 amide bonds. The monoisotopic (exact) mass is 202 g/mol. The average Bonchev–Trinajstić information content (AvgIpc) is 2.08. The minimum absolute atomic E-state index is 0.176. The number of carboxylic acid groups (broad SMARTS) is 1. The Kier molecular flexibility index (Phi) is 18.2. The molecule has 0 aromatic heterocycles. The van der Waals surface area contributed by atoms with Crippen LogP contribution in [0.1, 0.15) is 20.8 Å². The van der Waals surface area contributed by atoms with Gasteiger partial charge in [-0.25, -0.2) is 4.79 Å². The van der Waals surface area contributed by atoms with Crippen molar-refractivity contribution in [2.75, 3.05) is 6.61 Å². The molecular formula is C10H18O4. The standard InChI is InChI=1S/C4H8O2.C4H6O2.C2H4/c1-3-6-4(2)5;1-3(2)4(5)6;1-2/h3H2,1-2H3;1H2,2H3,(H,5,6);1-2H2. The van der Waals surface area contributed by atoms with Crippen LogP contribution >= 0.6 is 0 Å². The van der Waals surface area contributed by atoms with Crippen molar-refractivity contribution in [1.82, 2.24) is 0 Å². The number of carboxylic acids is 1. The fourth-order valence-electron chi connectivity index (χ4n) is 0.203. The van der Waals surface area contributed by atoms with Crippen LogP contribution in [0, 0.1) is 0 Å². The Morgan fingerprint density at radius 2 is 1.57 bits per heavy atom. The quantitative estimate of drug-likeness (QED) is 0.422. The Balaban J connectivity index is -0.000000147. The lowest BCUT2D eigenvalue weighted by Crippen LogP contribution is -1.95. The maximum Gasteiger partial charge on any atom is 0.330 e. The third kappa shape index (κ3) is 31.5. The molecule has 4 nitrogen and oxygen atoms in total. The van der Waals surface area contributed by atoms with Crippen LogP contribution in [0.2, 0.25) is 0 Å². The molecule has 0 fully saturated rings. The fourth-order valence-corrected chi connectivity index (χ4v) is 0.203. The molecule has 0 atom stereocenters. The highest BCUT2D eigenvalue weighted by atomic mass is 16.5. The van der Waals surface area contributed by atoms with Gasteiger partial charge in [-0.1, -0.05) is 6.58 Å². The van der Waals surface area contributed by atoms with Crippen LogP contribution in [0.15, 0.2) is 25.3 Å². The van der Waals surface area contributed by atoms with Gasteiger partial charge >= 0.3 is 11.9 Å². The summed E-state index contributed by atoms with van der Waals surface area (Å²) in [5, 5.41) is 7.89. The number of hydrogen-bond donors (Lipinski definition) is 1. The van der Waals surface area contributed by atoms with Crippen molar-refractivity contribution in [2.24, 2.45) is 0 Å². The number of carbonyl (C=O) groups is 2.